The van der Waals surface area contributed by atoms with Gasteiger partial charge in [-0.2, -0.15) is 0 Å². The summed E-state index contributed by atoms with van der Waals surface area (Å²) in [7, 11) is 0. The molecule has 0 radical (unpaired) electrons. The zero-order chi connectivity index (χ0) is 25.3. The van der Waals surface area contributed by atoms with Crippen LogP contribution in [0.5, 0.6) is 0 Å². The van der Waals surface area contributed by atoms with Gasteiger partial charge >= 0.3 is 0 Å². The molecule has 4 rings (SSSR count). The number of nitrogens with zero attached hydrogens (tertiary/aromatic N) is 1. The number of amides is 3. The van der Waals surface area contributed by atoms with Gasteiger partial charge in [-0.25, -0.2) is 4.39 Å². The van der Waals surface area contributed by atoms with Crippen LogP contribution in [-0.2, 0) is 16.0 Å². The van der Waals surface area contributed by atoms with Crippen LogP contribution in [0.2, 0.25) is 0 Å². The summed E-state index contributed by atoms with van der Waals surface area (Å²) in [5, 5.41) is 5.57. The summed E-state index contributed by atoms with van der Waals surface area (Å²) < 4.78 is 20.1. The Morgan fingerprint density at radius 1 is 0.972 bits per heavy atom. The fourth-order valence-corrected chi connectivity index (χ4v) is 4.54. The first-order valence-corrected chi connectivity index (χ1v) is 12.2. The van der Waals surface area contributed by atoms with Crippen molar-refractivity contribution in [3.05, 3.63) is 95.7 Å². The van der Waals surface area contributed by atoms with Gasteiger partial charge in [0.2, 0.25) is 11.8 Å². The summed E-state index contributed by atoms with van der Waals surface area (Å²) in [5.41, 5.74) is 1.09. The number of rotatable bonds is 10. The Kier molecular flexibility index (Phi) is 8.49. The van der Waals surface area contributed by atoms with E-state index >= 15 is 4.39 Å². The Bertz CT molecular complexity index is 1160. The molecule has 1 aliphatic rings. The largest absolute Gasteiger partial charge is 0.459 e. The molecule has 0 unspecified atom stereocenters. The molecule has 7 nitrogen and oxygen atoms in total. The maximum absolute atomic E-state index is 15.0. The lowest BCUT2D eigenvalue weighted by Crippen LogP contribution is -2.49. The van der Waals surface area contributed by atoms with Gasteiger partial charge < -0.3 is 20.0 Å². The van der Waals surface area contributed by atoms with Crippen LogP contribution >= 0.6 is 0 Å². The molecule has 0 spiro atoms. The topological polar surface area (TPSA) is 91.7 Å². The minimum Gasteiger partial charge on any atom is -0.459 e. The summed E-state index contributed by atoms with van der Waals surface area (Å²) in [6, 6.07) is 17.4. The van der Waals surface area contributed by atoms with Crippen LogP contribution in [0.4, 0.5) is 4.39 Å². The molecule has 1 saturated carbocycles. The summed E-state index contributed by atoms with van der Waals surface area (Å²) >= 11 is 0. The van der Waals surface area contributed by atoms with Crippen LogP contribution < -0.4 is 10.6 Å². The van der Waals surface area contributed by atoms with Crippen molar-refractivity contribution in [2.75, 3.05) is 13.1 Å². The molecule has 1 aliphatic carbocycles. The van der Waals surface area contributed by atoms with Gasteiger partial charge in [0.25, 0.3) is 5.91 Å². The molecule has 1 aromatic heterocycles. The summed E-state index contributed by atoms with van der Waals surface area (Å²) in [6.45, 7) is -0.202. The van der Waals surface area contributed by atoms with E-state index in [4.69, 9.17) is 4.42 Å². The Morgan fingerprint density at radius 3 is 2.39 bits per heavy atom. The summed E-state index contributed by atoms with van der Waals surface area (Å²) in [5.74, 6) is -1.97. The number of furan rings is 1. The van der Waals surface area contributed by atoms with E-state index in [0.29, 0.717) is 6.42 Å². The number of hydrogen-bond acceptors (Lipinski definition) is 4. The standard InChI is InChI=1S/C28H30FN3O4/c29-23-14-7-6-13-22(23)26(28(35)31-21-11-4-5-12-21)32(17-16-20-9-2-1-3-10-20)25(33)19-30-27(34)24-15-8-18-36-24/h1-3,6-10,13-15,18,21,26H,4-5,11-12,16-17,19H2,(H,30,34)(H,31,35)/t26-/m0/s1. The minimum absolute atomic E-state index is 0.00324. The molecule has 8 heteroatoms. The second-order valence-corrected chi connectivity index (χ2v) is 8.90. The lowest BCUT2D eigenvalue weighted by atomic mass is 10.0. The maximum Gasteiger partial charge on any atom is 0.287 e. The molecule has 1 fully saturated rings. The van der Waals surface area contributed by atoms with E-state index in [-0.39, 0.29) is 30.5 Å². The van der Waals surface area contributed by atoms with Gasteiger partial charge in [-0.15, -0.1) is 0 Å². The number of halogens is 1. The molecule has 188 valence electrons. The van der Waals surface area contributed by atoms with Crippen molar-refractivity contribution in [1.29, 1.82) is 0 Å². The Labute approximate surface area is 209 Å². The molecule has 2 N–H and O–H groups in total. The number of benzene rings is 2. The van der Waals surface area contributed by atoms with Crippen molar-refractivity contribution in [3.63, 3.8) is 0 Å². The Hall–Kier alpha value is -3.94. The predicted molar refractivity (Wildman–Crippen MR) is 132 cm³/mol. The van der Waals surface area contributed by atoms with Crippen LogP contribution in [0.15, 0.2) is 77.4 Å². The van der Waals surface area contributed by atoms with Crippen LogP contribution in [0.3, 0.4) is 0 Å². The van der Waals surface area contributed by atoms with Crippen molar-refractivity contribution in [3.8, 4) is 0 Å². The van der Waals surface area contributed by atoms with Crippen molar-refractivity contribution in [2.24, 2.45) is 0 Å². The van der Waals surface area contributed by atoms with Crippen molar-refractivity contribution in [1.82, 2.24) is 15.5 Å². The lowest BCUT2D eigenvalue weighted by Gasteiger charge is -2.32. The highest BCUT2D eigenvalue weighted by Gasteiger charge is 2.34. The quantitative estimate of drug-likeness (QED) is 0.448. The normalized spacial score (nSPS) is 14.2. The highest BCUT2D eigenvalue weighted by molar-refractivity contribution is 5.95. The number of nitrogens with one attached hydrogen (secondary N) is 2. The second kappa shape index (κ2) is 12.2. The summed E-state index contributed by atoms with van der Waals surface area (Å²) in [4.78, 5) is 40.8. The average molecular weight is 492 g/mol. The fourth-order valence-electron chi connectivity index (χ4n) is 4.54. The van der Waals surface area contributed by atoms with E-state index in [1.165, 1.54) is 29.4 Å². The predicted octanol–water partition coefficient (Wildman–Crippen LogP) is 4.02. The minimum atomic E-state index is -1.18. The molecular formula is C28H30FN3O4. The monoisotopic (exact) mass is 491 g/mol. The molecule has 0 bridgehead atoms. The number of hydrogen-bond donors (Lipinski definition) is 2. The zero-order valence-corrected chi connectivity index (χ0v) is 20.0. The van der Waals surface area contributed by atoms with Gasteiger partial charge in [-0.05, 0) is 43.0 Å². The molecule has 3 aromatic rings. The number of carbonyl (C=O) groups is 3. The smallest absolute Gasteiger partial charge is 0.287 e. The average Bonchev–Trinajstić information content (AvgIpc) is 3.61. The first kappa shape index (κ1) is 25.2. The van der Waals surface area contributed by atoms with Crippen molar-refractivity contribution < 1.29 is 23.2 Å². The van der Waals surface area contributed by atoms with Crippen LogP contribution in [0, 0.1) is 5.82 Å². The van der Waals surface area contributed by atoms with Crippen molar-refractivity contribution >= 4 is 17.7 Å². The zero-order valence-electron chi connectivity index (χ0n) is 20.0. The van der Waals surface area contributed by atoms with Gasteiger partial charge in [-0.3, -0.25) is 14.4 Å². The Balaban J connectivity index is 1.60. The molecule has 1 atom stereocenters. The van der Waals surface area contributed by atoms with E-state index in [1.54, 1.807) is 18.2 Å². The molecule has 36 heavy (non-hydrogen) atoms. The van der Waals surface area contributed by atoms with E-state index in [2.05, 4.69) is 10.6 Å². The fraction of sp³-hybridized carbons (Fsp3) is 0.321. The third kappa shape index (κ3) is 6.38. The molecule has 0 aliphatic heterocycles. The van der Waals surface area contributed by atoms with Crippen LogP contribution in [0.25, 0.3) is 0 Å². The number of carbonyl (C=O) groups excluding carboxylic acids is 3. The van der Waals surface area contributed by atoms with Gasteiger partial charge in [0.15, 0.2) is 5.76 Å². The first-order chi connectivity index (χ1) is 17.5. The Morgan fingerprint density at radius 2 is 1.69 bits per heavy atom. The van der Waals surface area contributed by atoms with Gasteiger partial charge in [0.05, 0.1) is 12.8 Å². The summed E-state index contributed by atoms with van der Waals surface area (Å²) in [6.07, 6.45) is 5.57. The van der Waals surface area contributed by atoms with Crippen LogP contribution in [0.1, 0.15) is 53.4 Å². The van der Waals surface area contributed by atoms with Crippen molar-refractivity contribution in [2.45, 2.75) is 44.2 Å². The van der Waals surface area contributed by atoms with Gasteiger partial charge in [0, 0.05) is 18.2 Å². The van der Waals surface area contributed by atoms with Crippen LogP contribution in [-0.4, -0.2) is 41.8 Å². The third-order valence-corrected chi connectivity index (χ3v) is 6.41. The van der Waals surface area contributed by atoms with E-state index in [9.17, 15) is 14.4 Å². The lowest BCUT2D eigenvalue weighted by molar-refractivity contribution is -0.140. The van der Waals surface area contributed by atoms with Gasteiger partial charge in [-0.1, -0.05) is 61.4 Å². The highest BCUT2D eigenvalue weighted by Crippen LogP contribution is 2.26. The molecule has 3 amide bonds. The maximum atomic E-state index is 15.0. The van der Waals surface area contributed by atoms with Gasteiger partial charge in [0.1, 0.15) is 11.9 Å². The first-order valence-electron chi connectivity index (χ1n) is 12.2. The van der Waals surface area contributed by atoms with E-state index < -0.39 is 29.6 Å². The molecular weight excluding hydrogens is 461 g/mol. The second-order valence-electron chi connectivity index (χ2n) is 8.90. The van der Waals surface area contributed by atoms with E-state index in [0.717, 1.165) is 31.2 Å². The highest BCUT2D eigenvalue weighted by atomic mass is 19.1. The third-order valence-electron chi connectivity index (χ3n) is 6.41. The molecule has 0 saturated heterocycles. The molecule has 2 aromatic carbocycles. The van der Waals surface area contributed by atoms with E-state index in [1.807, 2.05) is 30.3 Å². The SMILES string of the molecule is O=C(NCC(=O)N(CCc1ccccc1)[C@H](C(=O)NC1CCCC1)c1ccccc1F)c1ccco1. The molecule has 1 heterocycles.